The molecule has 0 bridgehead atoms. The van der Waals surface area contributed by atoms with Crippen LogP contribution >= 0.6 is 0 Å². The van der Waals surface area contributed by atoms with Gasteiger partial charge >= 0.3 is 12.1 Å². The number of carbonyl (C=O) groups excluding carboxylic acids is 3. The highest BCUT2D eigenvalue weighted by Gasteiger charge is 2.75. The average molecular weight is 831 g/mol. The van der Waals surface area contributed by atoms with Crippen LogP contribution in [0.25, 0.3) is 0 Å². The summed E-state index contributed by atoms with van der Waals surface area (Å²) in [5.41, 5.74) is -6.60. The summed E-state index contributed by atoms with van der Waals surface area (Å²) in [6, 6.07) is 4.44. The van der Waals surface area contributed by atoms with E-state index < -0.39 is 88.3 Å². The SMILES string of the molecule is C[C@@H]1C[C@H](O)[C@H](C/C=C\CCCC(=O)OCC(=O)[C@@]2(O)[C@H](C)C[C@H]3[C@@H]4CCC5=CC(=O)C=C[C@]5(C)[C@@]4(F)[C@@H](O)C[C@@]32C)[C@H]1/C=C/[C@@H](O)COc1cccc(C(F)(F)F)c1. The summed E-state index contributed by atoms with van der Waals surface area (Å²) < 4.78 is 67.2. The fraction of sp³-hybridized carbons (Fsp3) is 0.630. The molecular weight excluding hydrogens is 772 g/mol. The number of Topliss-reactive ketones (excluding diaryl/α,β-unsaturated/α-hetero) is 1. The molecule has 4 N–H and O–H groups in total. The van der Waals surface area contributed by atoms with E-state index in [0.717, 1.165) is 12.1 Å². The van der Waals surface area contributed by atoms with Crippen LogP contribution < -0.4 is 4.74 Å². The molecule has 0 unspecified atom stereocenters. The minimum atomic E-state index is -4.51. The zero-order chi connectivity index (χ0) is 43.1. The van der Waals surface area contributed by atoms with Gasteiger partial charge in [-0.05, 0) is 118 Å². The number of alkyl halides is 4. The number of esters is 1. The molecule has 13 atom stereocenters. The van der Waals surface area contributed by atoms with Crippen molar-refractivity contribution in [3.05, 3.63) is 77.9 Å². The predicted octanol–water partition coefficient (Wildman–Crippen LogP) is 7.21. The quantitative estimate of drug-likeness (QED) is 0.0661. The molecule has 0 heterocycles. The van der Waals surface area contributed by atoms with E-state index in [9.17, 15) is 48.0 Å². The maximum absolute atomic E-state index is 17.4. The van der Waals surface area contributed by atoms with Crippen molar-refractivity contribution in [2.75, 3.05) is 13.2 Å². The van der Waals surface area contributed by atoms with Gasteiger partial charge in [-0.15, -0.1) is 0 Å². The van der Waals surface area contributed by atoms with Crippen LogP contribution in [0.1, 0.15) is 91.0 Å². The number of benzene rings is 1. The molecule has 0 aliphatic heterocycles. The number of rotatable bonds is 14. The van der Waals surface area contributed by atoms with Gasteiger partial charge in [-0.25, -0.2) is 4.39 Å². The van der Waals surface area contributed by atoms with E-state index in [1.165, 1.54) is 24.3 Å². The minimum Gasteiger partial charge on any atom is -0.491 e. The predicted molar refractivity (Wildman–Crippen MR) is 210 cm³/mol. The van der Waals surface area contributed by atoms with Gasteiger partial charge in [0, 0.05) is 23.2 Å². The highest BCUT2D eigenvalue weighted by atomic mass is 19.4. The number of ether oxygens (including phenoxy) is 2. The van der Waals surface area contributed by atoms with Crippen molar-refractivity contribution >= 4 is 17.5 Å². The molecule has 4 fully saturated rings. The van der Waals surface area contributed by atoms with E-state index in [-0.39, 0.29) is 48.7 Å². The molecular formula is C46H58F4O9. The molecule has 1 aromatic rings. The van der Waals surface area contributed by atoms with Crippen molar-refractivity contribution in [2.24, 2.45) is 46.3 Å². The maximum Gasteiger partial charge on any atom is 0.416 e. The van der Waals surface area contributed by atoms with Crippen LogP contribution in [-0.2, 0) is 25.3 Å². The third-order valence-corrected chi connectivity index (χ3v) is 14.7. The lowest BCUT2D eigenvalue weighted by atomic mass is 9.44. The summed E-state index contributed by atoms with van der Waals surface area (Å²) in [5.74, 6) is -3.24. The molecule has 5 aliphatic rings. The van der Waals surface area contributed by atoms with E-state index in [0.29, 0.717) is 50.5 Å². The average Bonchev–Trinajstić information content (AvgIpc) is 3.56. The lowest BCUT2D eigenvalue weighted by Crippen LogP contribution is -2.69. The summed E-state index contributed by atoms with van der Waals surface area (Å²) in [5, 5.41) is 44.9. The number of ketones is 2. The Morgan fingerprint density at radius 1 is 1.08 bits per heavy atom. The van der Waals surface area contributed by atoms with Crippen LogP contribution in [0.2, 0.25) is 0 Å². The van der Waals surface area contributed by atoms with E-state index in [4.69, 9.17) is 9.47 Å². The van der Waals surface area contributed by atoms with Gasteiger partial charge in [0.15, 0.2) is 18.1 Å². The summed E-state index contributed by atoms with van der Waals surface area (Å²) in [7, 11) is 0. The molecule has 13 heteroatoms. The zero-order valence-corrected chi connectivity index (χ0v) is 34.2. The van der Waals surface area contributed by atoms with Crippen molar-refractivity contribution in [3.63, 3.8) is 0 Å². The Morgan fingerprint density at radius 2 is 1.83 bits per heavy atom. The van der Waals surface area contributed by atoms with Crippen LogP contribution in [0.5, 0.6) is 5.75 Å². The topological polar surface area (TPSA) is 151 Å². The Labute approximate surface area is 343 Å². The van der Waals surface area contributed by atoms with Crippen LogP contribution in [0.4, 0.5) is 17.6 Å². The van der Waals surface area contributed by atoms with Crippen LogP contribution in [-0.4, -0.2) is 80.8 Å². The van der Waals surface area contributed by atoms with Gasteiger partial charge < -0.3 is 29.9 Å². The number of fused-ring (bicyclic) bond motifs is 5. The van der Waals surface area contributed by atoms with E-state index in [1.807, 2.05) is 25.2 Å². The standard InChI is InChI=1S/C46H58F4O9/c1-27-20-38(53)35(34(27)16-15-32(52)25-58-33-11-9-10-30(23-33)46(48,49)50)12-7-5-6-8-13-41(56)59-26-40(55)45(57)28(2)21-37-36-17-14-29-22-31(51)18-19-42(29,3)44(36,47)39(54)24-43(37,45)4/h5,7,9-11,15-16,18-19,22-23,27-28,32,34-39,52-54,57H,6,8,12-14,17,20-21,24-26H2,1-4H3/b7-5-,16-15+/t27-,28-,32-,34+,35-,36+,37+,38+,39+,42+,43+,44+,45+/m1/s1. The molecule has 5 aliphatic carbocycles. The Kier molecular flexibility index (Phi) is 12.9. The summed E-state index contributed by atoms with van der Waals surface area (Å²) in [4.78, 5) is 38.7. The van der Waals surface area contributed by atoms with E-state index in [1.54, 1.807) is 32.9 Å². The van der Waals surface area contributed by atoms with Gasteiger partial charge in [-0.3, -0.25) is 14.4 Å². The first kappa shape index (κ1) is 44.9. The monoisotopic (exact) mass is 830 g/mol. The molecule has 6 rings (SSSR count). The number of carbonyl (C=O) groups is 3. The zero-order valence-electron chi connectivity index (χ0n) is 34.2. The molecule has 324 valence electrons. The summed E-state index contributed by atoms with van der Waals surface area (Å²) >= 11 is 0. The van der Waals surface area contributed by atoms with Crippen molar-refractivity contribution < 1.29 is 61.8 Å². The highest BCUT2D eigenvalue weighted by Crippen LogP contribution is 2.70. The fourth-order valence-electron chi connectivity index (χ4n) is 11.5. The molecule has 0 spiro atoms. The molecule has 0 radical (unpaired) electrons. The highest BCUT2D eigenvalue weighted by molar-refractivity contribution is 6.01. The van der Waals surface area contributed by atoms with Gasteiger partial charge in [-0.2, -0.15) is 13.2 Å². The normalized spacial score (nSPS) is 38.5. The molecule has 59 heavy (non-hydrogen) atoms. The lowest BCUT2D eigenvalue weighted by molar-refractivity contribution is -0.220. The summed E-state index contributed by atoms with van der Waals surface area (Å²) in [6.07, 6.45) is 7.03. The van der Waals surface area contributed by atoms with Crippen molar-refractivity contribution in [3.8, 4) is 5.75 Å². The van der Waals surface area contributed by atoms with Gasteiger partial charge in [-0.1, -0.05) is 62.8 Å². The first-order valence-electron chi connectivity index (χ1n) is 20.9. The minimum absolute atomic E-state index is 0.00637. The number of aliphatic hydroxyl groups is 4. The van der Waals surface area contributed by atoms with Crippen molar-refractivity contribution in [1.82, 2.24) is 0 Å². The molecule has 9 nitrogen and oxygen atoms in total. The van der Waals surface area contributed by atoms with Crippen molar-refractivity contribution in [1.29, 1.82) is 0 Å². The second-order valence-electron chi connectivity index (χ2n) is 18.2. The second-order valence-corrected chi connectivity index (χ2v) is 18.2. The first-order valence-corrected chi connectivity index (χ1v) is 20.9. The van der Waals surface area contributed by atoms with Gasteiger partial charge in [0.1, 0.15) is 24.1 Å². The van der Waals surface area contributed by atoms with Crippen LogP contribution in [0, 0.1) is 46.3 Å². The molecule has 4 saturated carbocycles. The smallest absolute Gasteiger partial charge is 0.416 e. The van der Waals surface area contributed by atoms with Crippen LogP contribution in [0.3, 0.4) is 0 Å². The molecule has 1 aromatic carbocycles. The lowest BCUT2D eigenvalue weighted by Gasteiger charge is -2.62. The van der Waals surface area contributed by atoms with Crippen LogP contribution in [0.15, 0.2) is 72.4 Å². The van der Waals surface area contributed by atoms with Gasteiger partial charge in [0.25, 0.3) is 0 Å². The third kappa shape index (κ3) is 8.25. The number of allylic oxidation sites excluding steroid dienone is 7. The molecule has 0 aromatic heterocycles. The maximum atomic E-state index is 17.4. The largest absolute Gasteiger partial charge is 0.491 e. The Hall–Kier alpha value is -3.65. The van der Waals surface area contributed by atoms with E-state index >= 15 is 4.39 Å². The molecule has 0 saturated heterocycles. The Bertz CT molecular complexity index is 1870. The van der Waals surface area contributed by atoms with Gasteiger partial charge in [0.2, 0.25) is 5.78 Å². The number of unbranched alkanes of at least 4 members (excludes halogenated alkanes) is 1. The second kappa shape index (κ2) is 17.0. The first-order chi connectivity index (χ1) is 27.7. The number of halogens is 4. The number of hydrogen-bond donors (Lipinski definition) is 4. The summed E-state index contributed by atoms with van der Waals surface area (Å²) in [6.45, 7) is 6.31. The number of hydrogen-bond acceptors (Lipinski definition) is 9. The Balaban J connectivity index is 0.960. The van der Waals surface area contributed by atoms with Gasteiger partial charge in [0.05, 0.1) is 17.8 Å². The van der Waals surface area contributed by atoms with E-state index in [2.05, 4.69) is 0 Å². The number of aliphatic hydroxyl groups excluding tert-OH is 3. The Morgan fingerprint density at radius 3 is 2.56 bits per heavy atom. The van der Waals surface area contributed by atoms with Crippen molar-refractivity contribution in [2.45, 2.75) is 121 Å². The third-order valence-electron chi connectivity index (χ3n) is 14.7. The molecule has 0 amide bonds. The fourth-order valence-corrected chi connectivity index (χ4v) is 11.5.